The molecule has 1 aromatic heterocycles. The number of benzene rings is 2. The van der Waals surface area contributed by atoms with Crippen LogP contribution in [-0.4, -0.2) is 74.9 Å². The Kier molecular flexibility index (Phi) is 6.63. The average Bonchev–Trinajstić information content (AvgIpc) is 3.29. The number of carbonyl (C=O) groups excluding carboxylic acids is 3. The van der Waals surface area contributed by atoms with E-state index >= 15 is 0 Å². The van der Waals surface area contributed by atoms with E-state index in [4.69, 9.17) is 9.72 Å². The summed E-state index contributed by atoms with van der Waals surface area (Å²) in [7, 11) is 0. The third-order valence-electron chi connectivity index (χ3n) is 7.07. The van der Waals surface area contributed by atoms with Crippen LogP contribution in [0.15, 0.2) is 54.6 Å². The third kappa shape index (κ3) is 4.41. The predicted molar refractivity (Wildman–Crippen MR) is 134 cm³/mol. The summed E-state index contributed by atoms with van der Waals surface area (Å²) < 4.78 is 7.03. The van der Waals surface area contributed by atoms with Crippen LogP contribution in [0.1, 0.15) is 43.7 Å². The van der Waals surface area contributed by atoms with Crippen molar-refractivity contribution < 1.29 is 19.1 Å². The molecule has 3 heterocycles. The number of imidazole rings is 1. The molecule has 0 radical (unpaired) electrons. The number of para-hydroxylation sites is 2. The number of nitrogens with zero attached hydrogens (tertiary/aromatic N) is 5. The number of hydrogen-bond donors (Lipinski definition) is 0. The molecule has 2 aliphatic heterocycles. The lowest BCUT2D eigenvalue weighted by Crippen LogP contribution is -2.52. The number of aromatic nitrogens is 2. The van der Waals surface area contributed by atoms with Crippen molar-refractivity contribution in [2.75, 3.05) is 32.8 Å². The van der Waals surface area contributed by atoms with E-state index in [1.807, 2.05) is 71.0 Å². The van der Waals surface area contributed by atoms with Gasteiger partial charge in [-0.2, -0.15) is 0 Å². The molecule has 2 aliphatic rings. The lowest BCUT2D eigenvalue weighted by molar-refractivity contribution is -0.145. The van der Waals surface area contributed by atoms with Crippen molar-refractivity contribution in [3.05, 3.63) is 66.0 Å². The molecule has 9 heteroatoms. The Morgan fingerprint density at radius 2 is 1.64 bits per heavy atom. The molecule has 1 fully saturated rings. The number of rotatable bonds is 5. The summed E-state index contributed by atoms with van der Waals surface area (Å²) in [6.07, 6.45) is -0.309. The van der Waals surface area contributed by atoms with Crippen LogP contribution in [0.2, 0.25) is 0 Å². The highest BCUT2D eigenvalue weighted by Crippen LogP contribution is 2.37. The topological polar surface area (TPSA) is 88.0 Å². The molecule has 2 atom stereocenters. The van der Waals surface area contributed by atoms with Gasteiger partial charge in [0.15, 0.2) is 0 Å². The summed E-state index contributed by atoms with van der Waals surface area (Å²) in [5.74, 6) is 0.604. The fraction of sp³-hybridized carbons (Fsp3) is 0.407. The standard InChI is InChI=1S/C27H31N5O4/c1-3-36-27(35)30-15-13-29(14-16-30)24(33)17-23-26(34)31(18-20-9-5-4-6-10-20)19(2)25-28-21-11-7-8-12-22(21)32(23)25/h4-12,19,23H,3,13-18H2,1-2H3/t19-,23+/m0/s1. The molecular weight excluding hydrogens is 458 g/mol. The van der Waals surface area contributed by atoms with E-state index in [0.717, 1.165) is 22.4 Å². The molecular formula is C27H31N5O4. The van der Waals surface area contributed by atoms with Crippen LogP contribution in [-0.2, 0) is 20.9 Å². The average molecular weight is 490 g/mol. The quantitative estimate of drug-likeness (QED) is 0.548. The Labute approximate surface area is 210 Å². The highest BCUT2D eigenvalue weighted by atomic mass is 16.6. The maximum Gasteiger partial charge on any atom is 0.409 e. The van der Waals surface area contributed by atoms with E-state index in [-0.39, 0.29) is 30.4 Å². The first-order chi connectivity index (χ1) is 17.5. The Hall–Kier alpha value is -3.88. The molecule has 3 aromatic rings. The van der Waals surface area contributed by atoms with Crippen molar-refractivity contribution >= 4 is 28.9 Å². The second kappa shape index (κ2) is 10.0. The van der Waals surface area contributed by atoms with Crippen LogP contribution in [0.4, 0.5) is 4.79 Å². The lowest BCUT2D eigenvalue weighted by Gasteiger charge is -2.40. The number of piperazine rings is 1. The first-order valence-corrected chi connectivity index (χ1v) is 12.5. The third-order valence-corrected chi connectivity index (χ3v) is 7.07. The van der Waals surface area contributed by atoms with E-state index in [1.54, 1.807) is 16.7 Å². The van der Waals surface area contributed by atoms with Crippen molar-refractivity contribution in [2.24, 2.45) is 0 Å². The van der Waals surface area contributed by atoms with Crippen LogP contribution in [0.5, 0.6) is 0 Å². The molecule has 1 saturated heterocycles. The Morgan fingerprint density at radius 1 is 0.972 bits per heavy atom. The van der Waals surface area contributed by atoms with Gasteiger partial charge < -0.3 is 24.0 Å². The van der Waals surface area contributed by atoms with Gasteiger partial charge in [-0.25, -0.2) is 9.78 Å². The minimum absolute atomic E-state index is 0.0452. The van der Waals surface area contributed by atoms with Crippen LogP contribution in [0, 0.1) is 0 Å². The van der Waals surface area contributed by atoms with E-state index in [1.165, 1.54) is 0 Å². The monoisotopic (exact) mass is 489 g/mol. The second-order valence-corrected chi connectivity index (χ2v) is 9.24. The van der Waals surface area contributed by atoms with Gasteiger partial charge >= 0.3 is 6.09 Å². The molecule has 188 valence electrons. The normalized spacial score (nSPS) is 19.9. The molecule has 36 heavy (non-hydrogen) atoms. The van der Waals surface area contributed by atoms with Gasteiger partial charge in [0.1, 0.15) is 11.9 Å². The second-order valence-electron chi connectivity index (χ2n) is 9.24. The Bertz CT molecular complexity index is 1270. The molecule has 5 rings (SSSR count). The molecule has 0 aliphatic carbocycles. The van der Waals surface area contributed by atoms with Gasteiger partial charge in [-0.1, -0.05) is 42.5 Å². The molecule has 0 bridgehead atoms. The first kappa shape index (κ1) is 23.8. The van der Waals surface area contributed by atoms with Crippen molar-refractivity contribution in [3.8, 4) is 0 Å². The zero-order valence-corrected chi connectivity index (χ0v) is 20.7. The zero-order valence-electron chi connectivity index (χ0n) is 20.7. The lowest BCUT2D eigenvalue weighted by atomic mass is 10.0. The van der Waals surface area contributed by atoms with Gasteiger partial charge in [0, 0.05) is 32.7 Å². The van der Waals surface area contributed by atoms with E-state index < -0.39 is 6.04 Å². The fourth-order valence-corrected chi connectivity index (χ4v) is 5.14. The van der Waals surface area contributed by atoms with Crippen LogP contribution < -0.4 is 0 Å². The molecule has 9 nitrogen and oxygen atoms in total. The van der Waals surface area contributed by atoms with Gasteiger partial charge in [-0.3, -0.25) is 9.59 Å². The summed E-state index contributed by atoms with van der Waals surface area (Å²) in [5, 5.41) is 0. The van der Waals surface area contributed by atoms with E-state index in [0.29, 0.717) is 39.3 Å². The Balaban J connectivity index is 1.41. The van der Waals surface area contributed by atoms with Crippen molar-refractivity contribution in [2.45, 2.75) is 38.9 Å². The molecule has 0 unspecified atom stereocenters. The minimum Gasteiger partial charge on any atom is -0.450 e. The highest BCUT2D eigenvalue weighted by molar-refractivity contribution is 5.91. The molecule has 0 N–H and O–H groups in total. The van der Waals surface area contributed by atoms with Gasteiger partial charge in [0.25, 0.3) is 0 Å². The van der Waals surface area contributed by atoms with Gasteiger partial charge in [-0.05, 0) is 31.5 Å². The largest absolute Gasteiger partial charge is 0.450 e. The van der Waals surface area contributed by atoms with Crippen LogP contribution >= 0.6 is 0 Å². The molecule has 3 amide bonds. The number of carbonyl (C=O) groups is 3. The van der Waals surface area contributed by atoms with Crippen molar-refractivity contribution in [3.63, 3.8) is 0 Å². The number of amides is 3. The maximum atomic E-state index is 13.9. The van der Waals surface area contributed by atoms with E-state index in [2.05, 4.69) is 0 Å². The summed E-state index contributed by atoms with van der Waals surface area (Å²) in [6.45, 7) is 6.20. The highest BCUT2D eigenvalue weighted by Gasteiger charge is 2.41. The first-order valence-electron chi connectivity index (χ1n) is 12.5. The van der Waals surface area contributed by atoms with Gasteiger partial charge in [-0.15, -0.1) is 0 Å². The van der Waals surface area contributed by atoms with Crippen molar-refractivity contribution in [1.29, 1.82) is 0 Å². The summed E-state index contributed by atoms with van der Waals surface area (Å²) in [5.41, 5.74) is 2.70. The molecule has 0 saturated carbocycles. The van der Waals surface area contributed by atoms with Crippen LogP contribution in [0.25, 0.3) is 11.0 Å². The van der Waals surface area contributed by atoms with E-state index in [9.17, 15) is 14.4 Å². The van der Waals surface area contributed by atoms with Crippen molar-refractivity contribution in [1.82, 2.24) is 24.3 Å². The maximum absolute atomic E-state index is 13.9. The zero-order chi connectivity index (χ0) is 25.2. The summed E-state index contributed by atoms with van der Waals surface area (Å²) in [4.78, 5) is 49.4. The number of hydrogen-bond acceptors (Lipinski definition) is 5. The SMILES string of the molecule is CCOC(=O)N1CCN(C(=O)C[C@@H]2C(=O)N(Cc3ccccc3)[C@@H](C)c3nc4ccccc4n32)CC1. The summed E-state index contributed by atoms with van der Waals surface area (Å²) >= 11 is 0. The number of fused-ring (bicyclic) bond motifs is 3. The number of ether oxygens (including phenoxy) is 1. The molecule has 0 spiro atoms. The minimum atomic E-state index is -0.678. The predicted octanol–water partition coefficient (Wildman–Crippen LogP) is 3.37. The van der Waals surface area contributed by atoms with Gasteiger partial charge in [0.05, 0.1) is 30.1 Å². The van der Waals surface area contributed by atoms with Gasteiger partial charge in [0.2, 0.25) is 11.8 Å². The summed E-state index contributed by atoms with van der Waals surface area (Å²) in [6, 6.07) is 16.7. The fourth-order valence-electron chi connectivity index (χ4n) is 5.14. The Morgan fingerprint density at radius 3 is 2.36 bits per heavy atom. The van der Waals surface area contributed by atoms with Crippen LogP contribution in [0.3, 0.4) is 0 Å². The smallest absolute Gasteiger partial charge is 0.409 e. The molecule has 2 aromatic carbocycles.